The molecule has 1 aromatic carbocycles. The van der Waals surface area contributed by atoms with E-state index < -0.39 is 5.97 Å². The van der Waals surface area contributed by atoms with Crippen LogP contribution >= 0.6 is 11.8 Å². The van der Waals surface area contributed by atoms with Crippen molar-refractivity contribution in [1.29, 1.82) is 0 Å². The third-order valence-corrected chi connectivity index (χ3v) is 3.72. The minimum Gasteiger partial charge on any atom is -0.478 e. The van der Waals surface area contributed by atoms with Crippen molar-refractivity contribution in [3.63, 3.8) is 0 Å². The predicted octanol–water partition coefficient (Wildman–Crippen LogP) is 4.98. The number of carboxylic acids is 1. The van der Waals surface area contributed by atoms with Gasteiger partial charge >= 0.3 is 5.97 Å². The molecule has 0 aliphatic carbocycles. The average Bonchev–Trinajstić information content (AvgIpc) is 2.33. The lowest BCUT2D eigenvalue weighted by Gasteiger charge is -2.11. The quantitative estimate of drug-likeness (QED) is 0.781. The maximum absolute atomic E-state index is 10.8. The first-order valence-electron chi connectivity index (χ1n) is 6.12. The minimum absolute atomic E-state index is 0.331. The zero-order chi connectivity index (χ0) is 14.3. The molecule has 0 heterocycles. The number of benzene rings is 1. The first-order valence-corrected chi connectivity index (χ1v) is 6.94. The van der Waals surface area contributed by atoms with Crippen LogP contribution in [0.25, 0.3) is 0 Å². The largest absolute Gasteiger partial charge is 0.478 e. The summed E-state index contributed by atoms with van der Waals surface area (Å²) in [6.45, 7) is 14.1. The Hall–Kier alpha value is -1.22. The molecule has 0 radical (unpaired) electrons. The van der Waals surface area contributed by atoms with Crippen molar-refractivity contribution in [2.75, 3.05) is 0 Å². The number of carboxylic acid groups (broad SMARTS) is 1. The molecule has 1 aromatic rings. The average molecular weight is 266 g/mol. The molecule has 100 valence electrons. The zero-order valence-corrected chi connectivity index (χ0v) is 12.6. The number of carbonyl (C=O) groups is 1. The Balaban J connectivity index is 0.00000137. The monoisotopic (exact) mass is 266 g/mol. The van der Waals surface area contributed by atoms with Crippen LogP contribution in [0.1, 0.15) is 43.6 Å². The zero-order valence-electron chi connectivity index (χ0n) is 11.8. The van der Waals surface area contributed by atoms with Gasteiger partial charge in [-0.3, -0.25) is 0 Å². The van der Waals surface area contributed by atoms with Gasteiger partial charge < -0.3 is 5.11 Å². The highest BCUT2D eigenvalue weighted by Crippen LogP contribution is 2.32. The van der Waals surface area contributed by atoms with E-state index >= 15 is 0 Å². The molecule has 1 N–H and O–H groups in total. The lowest BCUT2D eigenvalue weighted by molar-refractivity contribution is 0.0696. The normalized spacial score (nSPS) is 9.67. The van der Waals surface area contributed by atoms with Gasteiger partial charge in [0.1, 0.15) is 0 Å². The van der Waals surface area contributed by atoms with Gasteiger partial charge in [0.2, 0.25) is 0 Å². The third kappa shape index (κ3) is 4.96. The van der Waals surface area contributed by atoms with E-state index in [1.165, 1.54) is 0 Å². The van der Waals surface area contributed by atoms with E-state index in [0.717, 1.165) is 15.4 Å². The second-order valence-electron chi connectivity index (χ2n) is 4.01. The Morgan fingerprint density at radius 2 is 1.89 bits per heavy atom. The fourth-order valence-electron chi connectivity index (χ4n) is 1.16. The Bertz CT molecular complexity index is 423. The van der Waals surface area contributed by atoms with E-state index in [-0.39, 0.29) is 0 Å². The third-order valence-electron chi connectivity index (χ3n) is 2.31. The number of hydrogen-bond acceptors (Lipinski definition) is 2. The van der Waals surface area contributed by atoms with Crippen LogP contribution in [0.2, 0.25) is 0 Å². The van der Waals surface area contributed by atoms with Gasteiger partial charge in [-0.1, -0.05) is 46.0 Å². The summed E-state index contributed by atoms with van der Waals surface area (Å²) in [6.07, 6.45) is 0. The summed E-state index contributed by atoms with van der Waals surface area (Å²) < 4.78 is 0. The van der Waals surface area contributed by atoms with Gasteiger partial charge in [-0.15, -0.1) is 0 Å². The molecule has 0 spiro atoms. The van der Waals surface area contributed by atoms with Crippen LogP contribution in [0.5, 0.6) is 0 Å². The summed E-state index contributed by atoms with van der Waals surface area (Å²) in [5, 5.41) is 8.85. The summed E-state index contributed by atoms with van der Waals surface area (Å²) >= 11 is 1.61. The topological polar surface area (TPSA) is 37.3 Å². The summed E-state index contributed by atoms with van der Waals surface area (Å²) in [7, 11) is 0. The SMILES string of the molecule is C=C(Sc1ccc(C(=O)O)cc1C)C(C)C.CC. The van der Waals surface area contributed by atoms with Crippen molar-refractivity contribution in [1.82, 2.24) is 0 Å². The van der Waals surface area contributed by atoms with Crippen LogP contribution < -0.4 is 0 Å². The number of thioether (sulfide) groups is 1. The molecule has 0 saturated carbocycles. The second kappa shape index (κ2) is 7.98. The summed E-state index contributed by atoms with van der Waals surface area (Å²) in [6, 6.07) is 5.17. The number of hydrogen-bond donors (Lipinski definition) is 1. The minimum atomic E-state index is -0.887. The van der Waals surface area contributed by atoms with Crippen LogP contribution in [0, 0.1) is 12.8 Å². The Labute approximate surface area is 114 Å². The first kappa shape index (κ1) is 16.8. The van der Waals surface area contributed by atoms with E-state index in [9.17, 15) is 4.79 Å². The molecule has 1 rings (SSSR count). The molecule has 3 heteroatoms. The lowest BCUT2D eigenvalue weighted by atomic mass is 10.1. The molecule has 0 fully saturated rings. The van der Waals surface area contributed by atoms with Crippen LogP contribution in [-0.4, -0.2) is 11.1 Å². The molecule has 0 atom stereocenters. The molecule has 0 aromatic heterocycles. The van der Waals surface area contributed by atoms with Crippen molar-refractivity contribution >= 4 is 17.7 Å². The number of aryl methyl sites for hydroxylation is 1. The smallest absolute Gasteiger partial charge is 0.335 e. The summed E-state index contributed by atoms with van der Waals surface area (Å²) in [5.41, 5.74) is 1.31. The van der Waals surface area contributed by atoms with E-state index in [4.69, 9.17) is 5.11 Å². The molecule has 0 amide bonds. The fourth-order valence-corrected chi connectivity index (χ4v) is 2.03. The van der Waals surface area contributed by atoms with Gasteiger partial charge in [-0.25, -0.2) is 4.79 Å². The molecule has 18 heavy (non-hydrogen) atoms. The molecule has 0 unspecified atom stereocenters. The van der Waals surface area contributed by atoms with Gasteiger partial charge in [0.05, 0.1) is 5.56 Å². The van der Waals surface area contributed by atoms with E-state index in [1.54, 1.807) is 23.9 Å². The number of allylic oxidation sites excluding steroid dienone is 1. The summed E-state index contributed by atoms with van der Waals surface area (Å²) in [5.74, 6) is -0.467. The van der Waals surface area contributed by atoms with Crippen molar-refractivity contribution in [2.24, 2.45) is 5.92 Å². The van der Waals surface area contributed by atoms with Gasteiger partial charge in [-0.2, -0.15) is 0 Å². The van der Waals surface area contributed by atoms with Crippen molar-refractivity contribution < 1.29 is 9.90 Å². The van der Waals surface area contributed by atoms with Gasteiger partial charge in [-0.05, 0) is 41.5 Å². The maximum Gasteiger partial charge on any atom is 0.335 e. The molecule has 0 bridgehead atoms. The molecule has 0 aliphatic heterocycles. The molecule has 0 saturated heterocycles. The van der Waals surface area contributed by atoms with Gasteiger partial charge in [0, 0.05) is 4.90 Å². The van der Waals surface area contributed by atoms with Crippen LogP contribution in [0.3, 0.4) is 0 Å². The number of rotatable bonds is 4. The molecular weight excluding hydrogens is 244 g/mol. The van der Waals surface area contributed by atoms with Crippen LogP contribution in [-0.2, 0) is 0 Å². The van der Waals surface area contributed by atoms with Gasteiger partial charge in [0.25, 0.3) is 0 Å². The van der Waals surface area contributed by atoms with Crippen LogP contribution in [0.15, 0.2) is 34.6 Å². The second-order valence-corrected chi connectivity index (χ2v) is 5.18. The summed E-state index contributed by atoms with van der Waals surface area (Å²) in [4.78, 5) is 12.9. The van der Waals surface area contributed by atoms with Crippen molar-refractivity contribution in [3.05, 3.63) is 40.8 Å². The maximum atomic E-state index is 10.8. The van der Waals surface area contributed by atoms with Gasteiger partial charge in [0.15, 0.2) is 0 Å². The molecule has 2 nitrogen and oxygen atoms in total. The van der Waals surface area contributed by atoms with Crippen molar-refractivity contribution in [2.45, 2.75) is 39.5 Å². The Morgan fingerprint density at radius 1 is 1.33 bits per heavy atom. The highest BCUT2D eigenvalue weighted by molar-refractivity contribution is 8.03. The first-order chi connectivity index (χ1) is 8.41. The lowest BCUT2D eigenvalue weighted by Crippen LogP contribution is -1.97. The standard InChI is InChI=1S/C13H16O2S.C2H6/c1-8(2)10(4)16-12-6-5-11(13(14)15)7-9(12)3;1-2/h5-8H,4H2,1-3H3,(H,14,15);1-2H3. The highest BCUT2D eigenvalue weighted by Gasteiger charge is 2.08. The molecular formula is C15H22O2S. The predicted molar refractivity (Wildman–Crippen MR) is 79.3 cm³/mol. The fraction of sp³-hybridized carbons (Fsp3) is 0.400. The molecule has 0 aliphatic rings. The van der Waals surface area contributed by atoms with E-state index in [1.807, 2.05) is 26.8 Å². The van der Waals surface area contributed by atoms with Crippen molar-refractivity contribution in [3.8, 4) is 0 Å². The Kier molecular flexibility index (Phi) is 7.44. The highest BCUT2D eigenvalue weighted by atomic mass is 32.2. The number of aromatic carboxylic acids is 1. The van der Waals surface area contributed by atoms with E-state index in [0.29, 0.717) is 11.5 Å². The van der Waals surface area contributed by atoms with E-state index in [2.05, 4.69) is 20.4 Å². The van der Waals surface area contributed by atoms with Crippen LogP contribution in [0.4, 0.5) is 0 Å². The Morgan fingerprint density at radius 3 is 2.28 bits per heavy atom.